The summed E-state index contributed by atoms with van der Waals surface area (Å²) in [6.07, 6.45) is 18.4. The third-order valence-electron chi connectivity index (χ3n) is 9.99. The highest BCUT2D eigenvalue weighted by Gasteiger charge is 2.27. The lowest BCUT2D eigenvalue weighted by Gasteiger charge is -2.34. The highest BCUT2D eigenvalue weighted by atomic mass is 19.2. The Labute approximate surface area is 251 Å². The number of allylic oxidation sites excluding steroid dienone is 2. The molecule has 0 saturated heterocycles. The Morgan fingerprint density at radius 2 is 1.29 bits per heavy atom. The minimum Gasteiger partial charge on any atom is -0.206 e. The Balaban J connectivity index is 1.22. The molecule has 1 unspecified atom stereocenters. The van der Waals surface area contributed by atoms with Crippen LogP contribution in [0.4, 0.5) is 13.2 Å². The number of hydrogen-bond acceptors (Lipinski definition) is 0. The molecule has 0 nitrogen and oxygen atoms in total. The van der Waals surface area contributed by atoms with Crippen molar-refractivity contribution in [1.82, 2.24) is 0 Å². The zero-order valence-electron chi connectivity index (χ0n) is 25.5. The van der Waals surface area contributed by atoms with E-state index >= 15 is 8.78 Å². The number of halogens is 3. The largest absolute Gasteiger partial charge is 0.206 e. The van der Waals surface area contributed by atoms with Gasteiger partial charge < -0.3 is 0 Å². The minimum atomic E-state index is -0.803. The molecular weight excluding hydrogens is 525 g/mol. The summed E-state index contributed by atoms with van der Waals surface area (Å²) >= 11 is 0. The molecule has 5 rings (SSSR count). The Morgan fingerprint density at radius 1 is 0.643 bits per heavy atom. The highest BCUT2D eigenvalue weighted by molar-refractivity contribution is 5.74. The summed E-state index contributed by atoms with van der Waals surface area (Å²) in [4.78, 5) is 0. The van der Waals surface area contributed by atoms with E-state index in [2.05, 4.69) is 19.9 Å². The van der Waals surface area contributed by atoms with Gasteiger partial charge in [-0.05, 0) is 96.6 Å². The van der Waals surface area contributed by atoms with Crippen molar-refractivity contribution in [3.8, 4) is 22.3 Å². The SMILES string of the molecule is CCCCCCCCc1ccc(-c2ccc(-c3ccc(C4=CCC(C5CCC(C)CC5)CC4)cc3F)cc2)c(F)c1F. The Kier molecular flexibility index (Phi) is 10.6. The van der Waals surface area contributed by atoms with Gasteiger partial charge in [-0.25, -0.2) is 13.2 Å². The van der Waals surface area contributed by atoms with Crippen LogP contribution in [0, 0.1) is 35.2 Å². The molecule has 0 heterocycles. The quantitative estimate of drug-likeness (QED) is 0.200. The van der Waals surface area contributed by atoms with Crippen molar-refractivity contribution < 1.29 is 13.2 Å². The van der Waals surface area contributed by atoms with Crippen LogP contribution in [0.1, 0.15) is 108 Å². The van der Waals surface area contributed by atoms with Crippen LogP contribution in [-0.2, 0) is 6.42 Å². The van der Waals surface area contributed by atoms with Gasteiger partial charge in [-0.1, -0.05) is 113 Å². The molecule has 224 valence electrons. The average Bonchev–Trinajstić information content (AvgIpc) is 3.01. The van der Waals surface area contributed by atoms with Crippen molar-refractivity contribution in [3.05, 3.63) is 89.3 Å². The highest BCUT2D eigenvalue weighted by Crippen LogP contribution is 2.41. The number of hydrogen-bond donors (Lipinski definition) is 0. The third-order valence-corrected chi connectivity index (χ3v) is 9.99. The number of unbranched alkanes of at least 4 members (excludes halogenated alkanes) is 5. The molecule has 1 fully saturated rings. The summed E-state index contributed by atoms with van der Waals surface area (Å²) in [7, 11) is 0. The van der Waals surface area contributed by atoms with Crippen LogP contribution in [-0.4, -0.2) is 0 Å². The number of aryl methyl sites for hydroxylation is 1. The molecule has 2 aliphatic rings. The molecule has 0 amide bonds. The molecule has 3 aromatic rings. The first-order valence-corrected chi connectivity index (χ1v) is 16.5. The monoisotopic (exact) mass is 572 g/mol. The topological polar surface area (TPSA) is 0 Å². The zero-order chi connectivity index (χ0) is 29.5. The third kappa shape index (κ3) is 7.39. The second-order valence-electron chi connectivity index (χ2n) is 13.0. The average molecular weight is 573 g/mol. The van der Waals surface area contributed by atoms with Gasteiger partial charge in [0.25, 0.3) is 0 Å². The van der Waals surface area contributed by atoms with E-state index in [1.54, 1.807) is 42.5 Å². The van der Waals surface area contributed by atoms with E-state index < -0.39 is 11.6 Å². The molecule has 0 bridgehead atoms. The van der Waals surface area contributed by atoms with Crippen LogP contribution in [0.2, 0.25) is 0 Å². The lowest BCUT2D eigenvalue weighted by atomic mass is 9.71. The summed E-state index contributed by atoms with van der Waals surface area (Å²) < 4.78 is 45.2. The van der Waals surface area contributed by atoms with E-state index in [9.17, 15) is 4.39 Å². The minimum absolute atomic E-state index is 0.242. The van der Waals surface area contributed by atoms with Crippen LogP contribution in [0.3, 0.4) is 0 Å². The normalized spacial score (nSPS) is 20.9. The number of rotatable bonds is 11. The molecule has 0 aliphatic heterocycles. The molecule has 2 aliphatic carbocycles. The molecule has 0 N–H and O–H groups in total. The van der Waals surface area contributed by atoms with Gasteiger partial charge in [-0.2, -0.15) is 0 Å². The molecule has 0 aromatic heterocycles. The smallest absolute Gasteiger partial charge is 0.166 e. The second kappa shape index (κ2) is 14.6. The fourth-order valence-corrected chi connectivity index (χ4v) is 7.18. The molecule has 3 heteroatoms. The van der Waals surface area contributed by atoms with Crippen molar-refractivity contribution in [2.45, 2.75) is 104 Å². The lowest BCUT2D eigenvalue weighted by molar-refractivity contribution is 0.202. The summed E-state index contributed by atoms with van der Waals surface area (Å²) in [6.45, 7) is 4.56. The maximum absolute atomic E-state index is 15.3. The number of benzene rings is 3. The molecule has 1 saturated carbocycles. The van der Waals surface area contributed by atoms with E-state index in [4.69, 9.17) is 0 Å². The van der Waals surface area contributed by atoms with Crippen LogP contribution >= 0.6 is 0 Å². The summed E-state index contributed by atoms with van der Waals surface area (Å²) in [5, 5.41) is 0. The van der Waals surface area contributed by atoms with Crippen LogP contribution in [0.5, 0.6) is 0 Å². The first kappa shape index (κ1) is 30.6. The standard InChI is InChI=1S/C39H47F3/c1-3-4-5-6-7-8-9-33-22-25-36(39(42)38(33)41)32-20-18-31(19-21-32)35-24-23-34(26-37(35)40)30-16-14-29(15-17-30)28-12-10-27(2)11-13-28/h16,18-29H,3-15,17H2,1-2H3. The van der Waals surface area contributed by atoms with Crippen LogP contribution in [0.25, 0.3) is 27.8 Å². The van der Waals surface area contributed by atoms with Gasteiger partial charge in [0.05, 0.1) is 0 Å². The predicted octanol–water partition coefficient (Wildman–Crippen LogP) is 12.4. The van der Waals surface area contributed by atoms with E-state index in [0.29, 0.717) is 23.1 Å². The summed E-state index contributed by atoms with van der Waals surface area (Å²) in [5.41, 5.74) is 4.76. The molecule has 1 atom stereocenters. The van der Waals surface area contributed by atoms with Crippen molar-refractivity contribution in [2.75, 3.05) is 0 Å². The fourth-order valence-electron chi connectivity index (χ4n) is 7.18. The molecule has 0 radical (unpaired) electrons. The van der Waals surface area contributed by atoms with E-state index in [1.807, 2.05) is 12.1 Å². The van der Waals surface area contributed by atoms with Gasteiger partial charge >= 0.3 is 0 Å². The van der Waals surface area contributed by atoms with Gasteiger partial charge in [-0.15, -0.1) is 0 Å². The van der Waals surface area contributed by atoms with E-state index in [0.717, 1.165) is 61.0 Å². The predicted molar refractivity (Wildman–Crippen MR) is 171 cm³/mol. The van der Waals surface area contributed by atoms with Gasteiger partial charge in [0.15, 0.2) is 11.6 Å². The molecular formula is C39H47F3. The maximum Gasteiger partial charge on any atom is 0.166 e. The van der Waals surface area contributed by atoms with Crippen LogP contribution in [0.15, 0.2) is 60.7 Å². The Hall–Kier alpha value is -2.81. The van der Waals surface area contributed by atoms with Gasteiger partial charge in [0.1, 0.15) is 5.82 Å². The van der Waals surface area contributed by atoms with Crippen molar-refractivity contribution in [1.29, 1.82) is 0 Å². The van der Waals surface area contributed by atoms with Crippen molar-refractivity contribution in [3.63, 3.8) is 0 Å². The van der Waals surface area contributed by atoms with E-state index in [-0.39, 0.29) is 11.4 Å². The first-order chi connectivity index (χ1) is 20.4. The van der Waals surface area contributed by atoms with Crippen molar-refractivity contribution in [2.24, 2.45) is 17.8 Å². The zero-order valence-corrected chi connectivity index (χ0v) is 25.5. The molecule has 0 spiro atoms. The fraction of sp³-hybridized carbons (Fsp3) is 0.487. The van der Waals surface area contributed by atoms with Crippen LogP contribution < -0.4 is 0 Å². The molecule has 3 aromatic carbocycles. The Bertz CT molecular complexity index is 1340. The van der Waals surface area contributed by atoms with E-state index in [1.165, 1.54) is 56.9 Å². The maximum atomic E-state index is 15.3. The second-order valence-corrected chi connectivity index (χ2v) is 13.0. The van der Waals surface area contributed by atoms with Gasteiger partial charge in [-0.3, -0.25) is 0 Å². The lowest BCUT2D eigenvalue weighted by Crippen LogP contribution is -2.22. The summed E-state index contributed by atoms with van der Waals surface area (Å²) in [5.74, 6) is 0.712. The first-order valence-electron chi connectivity index (χ1n) is 16.5. The van der Waals surface area contributed by atoms with Gasteiger partial charge in [0.2, 0.25) is 0 Å². The summed E-state index contributed by atoms with van der Waals surface area (Å²) in [6, 6.07) is 16.0. The Morgan fingerprint density at radius 3 is 1.95 bits per heavy atom. The van der Waals surface area contributed by atoms with Crippen molar-refractivity contribution >= 4 is 5.57 Å². The van der Waals surface area contributed by atoms with Gasteiger partial charge in [0, 0.05) is 11.1 Å². The molecule has 42 heavy (non-hydrogen) atoms.